The Morgan fingerprint density at radius 2 is 1.75 bits per heavy atom. The highest BCUT2D eigenvalue weighted by Crippen LogP contribution is 2.52. The first-order valence-electron chi connectivity index (χ1n) is 7.95. The van der Waals surface area contributed by atoms with Crippen LogP contribution in [0.2, 0.25) is 23.7 Å². The Morgan fingerprint density at radius 3 is 2.15 bits per heavy atom. The average Bonchev–Trinajstić information content (AvgIpc) is 2.27. The molecule has 0 radical (unpaired) electrons. The normalized spacial score (nSPS) is 21.4. The van der Waals surface area contributed by atoms with Gasteiger partial charge in [0.1, 0.15) is 0 Å². The van der Waals surface area contributed by atoms with E-state index in [-0.39, 0.29) is 16.5 Å². The Bertz CT molecular complexity index is 338. The number of hydrogen-bond acceptors (Lipinski definition) is 3. The van der Waals surface area contributed by atoms with Crippen molar-refractivity contribution in [2.24, 2.45) is 0 Å². The summed E-state index contributed by atoms with van der Waals surface area (Å²) < 4.78 is 5.34. The zero-order chi connectivity index (χ0) is 15.6. The van der Waals surface area contributed by atoms with E-state index in [1.165, 1.54) is 0 Å². The lowest BCUT2D eigenvalue weighted by Gasteiger charge is -2.49. The molecule has 1 fully saturated rings. The van der Waals surface area contributed by atoms with Crippen LogP contribution in [0, 0.1) is 0 Å². The molecular formula is C16H32O3Si. The van der Waals surface area contributed by atoms with E-state index in [1.807, 2.05) is 6.92 Å². The number of hydrogen-bond donors (Lipinski definition) is 1. The molecule has 118 valence electrons. The van der Waals surface area contributed by atoms with E-state index < -0.39 is 13.7 Å². The van der Waals surface area contributed by atoms with Crippen molar-refractivity contribution in [3.8, 4) is 0 Å². The molecule has 0 amide bonds. The van der Waals surface area contributed by atoms with E-state index >= 15 is 0 Å². The highest BCUT2D eigenvalue weighted by molar-refractivity contribution is 6.84. The number of aliphatic hydroxyl groups is 1. The largest absolute Gasteiger partial charge is 0.466 e. The van der Waals surface area contributed by atoms with Gasteiger partial charge in [-0.2, -0.15) is 0 Å². The van der Waals surface area contributed by atoms with Crippen LogP contribution in [0.1, 0.15) is 59.8 Å². The Hall–Kier alpha value is -0.353. The number of ether oxygens (including phenoxy) is 1. The van der Waals surface area contributed by atoms with Gasteiger partial charge in [0.05, 0.1) is 25.8 Å². The van der Waals surface area contributed by atoms with E-state index in [9.17, 15) is 9.90 Å². The average molecular weight is 301 g/mol. The molecule has 0 spiro atoms. The minimum atomic E-state index is -2.02. The SMILES string of the molecule is CCOC(=O)C(C1(O)CCCCC1)[Si](C)(C)C(C)(C)C. The van der Waals surface area contributed by atoms with Crippen LogP contribution in [-0.2, 0) is 9.53 Å². The predicted molar refractivity (Wildman–Crippen MR) is 85.6 cm³/mol. The van der Waals surface area contributed by atoms with Gasteiger partial charge in [-0.3, -0.25) is 4.79 Å². The van der Waals surface area contributed by atoms with Gasteiger partial charge in [0.2, 0.25) is 0 Å². The molecule has 0 bridgehead atoms. The summed E-state index contributed by atoms with van der Waals surface area (Å²) in [7, 11) is -2.02. The third-order valence-corrected chi connectivity index (χ3v) is 11.5. The van der Waals surface area contributed by atoms with Crippen LogP contribution in [0.4, 0.5) is 0 Å². The second-order valence-corrected chi connectivity index (χ2v) is 13.3. The van der Waals surface area contributed by atoms with Gasteiger partial charge in [-0.05, 0) is 24.8 Å². The third-order valence-electron chi connectivity index (χ3n) is 5.43. The summed E-state index contributed by atoms with van der Waals surface area (Å²) in [6, 6.07) is 0. The number of esters is 1. The number of carbonyl (C=O) groups is 1. The molecule has 0 saturated heterocycles. The fourth-order valence-electron chi connectivity index (χ4n) is 3.30. The Morgan fingerprint density at radius 1 is 1.25 bits per heavy atom. The Balaban J connectivity index is 3.17. The summed E-state index contributed by atoms with van der Waals surface area (Å²) in [6.07, 6.45) is 4.67. The standard InChI is InChI=1S/C16H32O3Si/c1-7-19-14(17)13(20(5,6)15(2,3)4)16(18)11-9-8-10-12-16/h13,18H,7-12H2,1-6H3. The van der Waals surface area contributed by atoms with E-state index in [0.29, 0.717) is 6.61 Å². The fourth-order valence-corrected chi connectivity index (χ4v) is 6.47. The van der Waals surface area contributed by atoms with Gasteiger partial charge < -0.3 is 9.84 Å². The molecule has 1 aliphatic carbocycles. The topological polar surface area (TPSA) is 46.5 Å². The van der Waals surface area contributed by atoms with Crippen molar-refractivity contribution in [3.63, 3.8) is 0 Å². The van der Waals surface area contributed by atoms with E-state index in [4.69, 9.17) is 4.74 Å². The monoisotopic (exact) mass is 300 g/mol. The van der Waals surface area contributed by atoms with Crippen LogP contribution in [0.25, 0.3) is 0 Å². The maximum absolute atomic E-state index is 12.6. The van der Waals surface area contributed by atoms with Crippen molar-refractivity contribution < 1.29 is 14.6 Å². The molecule has 0 aromatic heterocycles. The number of carbonyl (C=O) groups excluding carboxylic acids is 1. The van der Waals surface area contributed by atoms with Crippen molar-refractivity contribution in [1.29, 1.82) is 0 Å². The van der Waals surface area contributed by atoms with Gasteiger partial charge in [-0.25, -0.2) is 0 Å². The summed E-state index contributed by atoms with van der Waals surface area (Å²) >= 11 is 0. The van der Waals surface area contributed by atoms with E-state index in [2.05, 4.69) is 33.9 Å². The lowest BCUT2D eigenvalue weighted by atomic mass is 9.82. The maximum Gasteiger partial charge on any atom is 0.309 e. The molecule has 0 aromatic rings. The summed E-state index contributed by atoms with van der Waals surface area (Å²) in [5.41, 5.74) is -1.18. The number of rotatable bonds is 4. The lowest BCUT2D eigenvalue weighted by Crippen LogP contribution is -2.56. The highest BCUT2D eigenvalue weighted by Gasteiger charge is 2.56. The smallest absolute Gasteiger partial charge is 0.309 e. The first-order chi connectivity index (χ1) is 9.06. The van der Waals surface area contributed by atoms with Crippen molar-refractivity contribution in [2.45, 2.75) is 89.1 Å². The van der Waals surface area contributed by atoms with E-state index in [0.717, 1.165) is 32.1 Å². The molecule has 1 unspecified atom stereocenters. The molecule has 0 aromatic carbocycles. The molecule has 1 aliphatic rings. The first kappa shape index (κ1) is 17.7. The lowest BCUT2D eigenvalue weighted by molar-refractivity contribution is -0.150. The Kier molecular flexibility index (Phi) is 5.47. The molecule has 4 heteroatoms. The van der Waals surface area contributed by atoms with E-state index in [1.54, 1.807) is 0 Å². The molecular weight excluding hydrogens is 268 g/mol. The first-order valence-corrected chi connectivity index (χ1v) is 11.0. The minimum absolute atomic E-state index is 0.0532. The molecule has 20 heavy (non-hydrogen) atoms. The minimum Gasteiger partial charge on any atom is -0.466 e. The highest BCUT2D eigenvalue weighted by atomic mass is 28.3. The van der Waals surface area contributed by atoms with Gasteiger partial charge in [-0.15, -0.1) is 0 Å². The van der Waals surface area contributed by atoms with Crippen LogP contribution in [0.3, 0.4) is 0 Å². The predicted octanol–water partition coefficient (Wildman–Crippen LogP) is 4.12. The summed E-state index contributed by atoms with van der Waals surface area (Å²) in [6.45, 7) is 13.3. The van der Waals surface area contributed by atoms with Crippen LogP contribution >= 0.6 is 0 Å². The van der Waals surface area contributed by atoms with Crippen LogP contribution < -0.4 is 0 Å². The van der Waals surface area contributed by atoms with Crippen LogP contribution in [0.5, 0.6) is 0 Å². The third kappa shape index (κ3) is 3.45. The second-order valence-electron chi connectivity index (χ2n) is 7.82. The van der Waals surface area contributed by atoms with Crippen molar-refractivity contribution in [3.05, 3.63) is 0 Å². The molecule has 0 aliphatic heterocycles. The van der Waals surface area contributed by atoms with Crippen LogP contribution in [0.15, 0.2) is 0 Å². The zero-order valence-corrected chi connectivity index (χ0v) is 15.1. The second kappa shape index (κ2) is 6.18. The van der Waals surface area contributed by atoms with Gasteiger partial charge in [-0.1, -0.05) is 53.1 Å². The Labute approximate surface area is 125 Å². The zero-order valence-electron chi connectivity index (χ0n) is 14.1. The molecule has 1 saturated carbocycles. The molecule has 1 rings (SSSR count). The fraction of sp³-hybridized carbons (Fsp3) is 0.938. The van der Waals surface area contributed by atoms with Crippen molar-refractivity contribution in [1.82, 2.24) is 0 Å². The van der Waals surface area contributed by atoms with Gasteiger partial charge >= 0.3 is 5.97 Å². The summed E-state index contributed by atoms with van der Waals surface area (Å²) in [5, 5.41) is 11.2. The van der Waals surface area contributed by atoms with Gasteiger partial charge in [0.25, 0.3) is 0 Å². The molecule has 1 N–H and O–H groups in total. The summed E-state index contributed by atoms with van der Waals surface area (Å²) in [5.74, 6) is -0.177. The van der Waals surface area contributed by atoms with Gasteiger partial charge in [0, 0.05) is 0 Å². The van der Waals surface area contributed by atoms with Gasteiger partial charge in [0.15, 0.2) is 0 Å². The molecule has 3 nitrogen and oxygen atoms in total. The quantitative estimate of drug-likeness (QED) is 0.627. The van der Waals surface area contributed by atoms with Crippen molar-refractivity contribution >= 4 is 14.0 Å². The van der Waals surface area contributed by atoms with Crippen molar-refractivity contribution in [2.75, 3.05) is 6.61 Å². The summed E-state index contributed by atoms with van der Waals surface area (Å²) in [4.78, 5) is 12.6. The van der Waals surface area contributed by atoms with Crippen LogP contribution in [-0.4, -0.2) is 31.4 Å². The maximum atomic E-state index is 12.6. The molecule has 1 atom stereocenters. The molecule has 0 heterocycles.